The van der Waals surface area contributed by atoms with Gasteiger partial charge in [0.15, 0.2) is 5.65 Å². The summed E-state index contributed by atoms with van der Waals surface area (Å²) in [6, 6.07) is 15.3. The van der Waals surface area contributed by atoms with Crippen molar-refractivity contribution in [2.45, 2.75) is 6.92 Å². The van der Waals surface area contributed by atoms with Gasteiger partial charge in [0, 0.05) is 24.7 Å². The van der Waals surface area contributed by atoms with Gasteiger partial charge in [-0.15, -0.1) is 0 Å². The topological polar surface area (TPSA) is 129 Å². The average molecular weight is 428 g/mol. The Hall–Kier alpha value is -4.60. The minimum Gasteiger partial charge on any atom is -0.291 e. The Morgan fingerprint density at radius 3 is 2.34 bits per heavy atom. The van der Waals surface area contributed by atoms with Crippen molar-refractivity contribution in [3.8, 4) is 16.8 Å². The third kappa shape index (κ3) is 2.81. The zero-order valence-corrected chi connectivity index (χ0v) is 17.1. The molecule has 0 aliphatic carbocycles. The Bertz CT molecular complexity index is 1650. The van der Waals surface area contributed by atoms with Gasteiger partial charge in [-0.25, -0.2) is 14.5 Å². The molecule has 32 heavy (non-hydrogen) atoms. The maximum absolute atomic E-state index is 13.1. The molecule has 3 heterocycles. The van der Waals surface area contributed by atoms with Crippen LogP contribution in [0.2, 0.25) is 0 Å². The molecule has 1 N–H and O–H groups in total. The molecule has 10 heteroatoms. The second-order valence-electron chi connectivity index (χ2n) is 7.34. The molecule has 10 nitrogen and oxygen atoms in total. The molecule has 2 aromatic carbocycles. The van der Waals surface area contributed by atoms with Crippen LogP contribution in [-0.2, 0) is 7.05 Å². The number of aryl methyl sites for hydroxylation is 1. The summed E-state index contributed by atoms with van der Waals surface area (Å²) in [5, 5.41) is 16.6. The number of aromatic nitrogens is 5. The number of para-hydroxylation sites is 1. The van der Waals surface area contributed by atoms with Crippen LogP contribution in [0.15, 0.2) is 64.2 Å². The molecule has 0 aliphatic heterocycles. The van der Waals surface area contributed by atoms with Crippen LogP contribution in [0.4, 0.5) is 5.69 Å². The van der Waals surface area contributed by atoms with Crippen LogP contribution in [0, 0.1) is 17.0 Å². The van der Waals surface area contributed by atoms with Gasteiger partial charge in [0.1, 0.15) is 5.65 Å². The Morgan fingerprint density at radius 1 is 1.00 bits per heavy atom. The van der Waals surface area contributed by atoms with E-state index in [2.05, 4.69) is 15.1 Å². The van der Waals surface area contributed by atoms with Crippen molar-refractivity contribution in [2.24, 2.45) is 7.05 Å². The Morgan fingerprint density at radius 2 is 1.69 bits per heavy atom. The van der Waals surface area contributed by atoms with E-state index in [9.17, 15) is 19.7 Å². The number of benzene rings is 2. The summed E-state index contributed by atoms with van der Waals surface area (Å²) in [7, 11) is 1.38. The van der Waals surface area contributed by atoms with Gasteiger partial charge in [-0.2, -0.15) is 5.10 Å². The molecule has 0 aliphatic rings. The van der Waals surface area contributed by atoms with Gasteiger partial charge >= 0.3 is 5.69 Å². The minimum atomic E-state index is -0.591. The van der Waals surface area contributed by atoms with Crippen LogP contribution < -0.4 is 11.2 Å². The third-order valence-corrected chi connectivity index (χ3v) is 5.41. The van der Waals surface area contributed by atoms with Crippen LogP contribution in [0.25, 0.3) is 38.9 Å². The molecule has 158 valence electrons. The van der Waals surface area contributed by atoms with E-state index >= 15 is 0 Å². The summed E-state index contributed by atoms with van der Waals surface area (Å²) in [4.78, 5) is 43.3. The van der Waals surface area contributed by atoms with E-state index in [-0.39, 0.29) is 16.7 Å². The molecular weight excluding hydrogens is 412 g/mol. The lowest BCUT2D eigenvalue weighted by molar-refractivity contribution is -0.384. The summed E-state index contributed by atoms with van der Waals surface area (Å²) in [5.41, 5.74) is 1.88. The number of fused-ring (bicyclic) bond motifs is 2. The summed E-state index contributed by atoms with van der Waals surface area (Å²) in [5.74, 6) is 0. The molecular formula is C22H16N6O4. The molecule has 0 amide bonds. The lowest BCUT2D eigenvalue weighted by Gasteiger charge is -2.10. The van der Waals surface area contributed by atoms with Crippen LogP contribution in [0.5, 0.6) is 0 Å². The molecule has 0 bridgehead atoms. The van der Waals surface area contributed by atoms with E-state index in [4.69, 9.17) is 0 Å². The van der Waals surface area contributed by atoms with Crippen LogP contribution in [0.3, 0.4) is 0 Å². The lowest BCUT2D eigenvalue weighted by Crippen LogP contribution is -2.33. The lowest BCUT2D eigenvalue weighted by atomic mass is 9.98. The maximum atomic E-state index is 13.1. The number of rotatable bonds is 3. The Kier molecular flexibility index (Phi) is 4.22. The molecule has 5 aromatic rings. The molecule has 3 aromatic heterocycles. The van der Waals surface area contributed by atoms with E-state index in [0.717, 1.165) is 10.3 Å². The minimum absolute atomic E-state index is 0.0682. The quantitative estimate of drug-likeness (QED) is 0.348. The first-order chi connectivity index (χ1) is 15.4. The van der Waals surface area contributed by atoms with Crippen molar-refractivity contribution < 1.29 is 4.92 Å². The third-order valence-electron chi connectivity index (χ3n) is 5.41. The fourth-order valence-corrected chi connectivity index (χ4v) is 3.85. The number of hydrogen-bond donors (Lipinski definition) is 1. The summed E-state index contributed by atoms with van der Waals surface area (Å²) in [6.07, 6.45) is 0. The van der Waals surface area contributed by atoms with E-state index < -0.39 is 16.2 Å². The van der Waals surface area contributed by atoms with E-state index in [1.54, 1.807) is 23.7 Å². The highest BCUT2D eigenvalue weighted by atomic mass is 16.6. The smallest absolute Gasteiger partial charge is 0.291 e. The number of nitrogens with zero attached hydrogens (tertiary/aromatic N) is 5. The van der Waals surface area contributed by atoms with Gasteiger partial charge in [0.25, 0.3) is 11.2 Å². The molecule has 0 saturated heterocycles. The Balaban J connectivity index is 1.98. The highest BCUT2D eigenvalue weighted by Crippen LogP contribution is 2.35. The van der Waals surface area contributed by atoms with Crippen molar-refractivity contribution in [3.05, 3.63) is 91.2 Å². The predicted molar refractivity (Wildman–Crippen MR) is 119 cm³/mol. The fraction of sp³-hybridized carbons (Fsp3) is 0.0909. The molecule has 0 atom stereocenters. The highest BCUT2D eigenvalue weighted by Gasteiger charge is 2.22. The number of hydrogen-bond acceptors (Lipinski definition) is 6. The van der Waals surface area contributed by atoms with Crippen molar-refractivity contribution >= 4 is 27.8 Å². The summed E-state index contributed by atoms with van der Waals surface area (Å²) < 4.78 is 2.62. The van der Waals surface area contributed by atoms with Gasteiger partial charge in [-0.05, 0) is 36.8 Å². The monoisotopic (exact) mass is 428 g/mol. The number of pyridine rings is 1. The number of nitrogens with one attached hydrogen (secondary N) is 1. The first kappa shape index (κ1) is 19.4. The number of H-pyrrole nitrogens is 1. The van der Waals surface area contributed by atoms with E-state index in [1.807, 2.05) is 30.3 Å². The molecule has 0 radical (unpaired) electrons. The van der Waals surface area contributed by atoms with E-state index in [1.165, 1.54) is 19.2 Å². The van der Waals surface area contributed by atoms with Gasteiger partial charge in [-0.3, -0.25) is 24.5 Å². The zero-order chi connectivity index (χ0) is 22.6. The van der Waals surface area contributed by atoms with Gasteiger partial charge in [-0.1, -0.05) is 18.2 Å². The number of non-ortho nitro benzene ring substituents is 1. The summed E-state index contributed by atoms with van der Waals surface area (Å²) in [6.45, 7) is 1.81. The molecule has 5 rings (SSSR count). The van der Waals surface area contributed by atoms with Crippen LogP contribution >= 0.6 is 0 Å². The molecule has 0 spiro atoms. The largest absolute Gasteiger partial charge is 0.329 e. The number of aromatic amines is 1. The van der Waals surface area contributed by atoms with Crippen molar-refractivity contribution in [2.75, 3.05) is 0 Å². The van der Waals surface area contributed by atoms with Crippen molar-refractivity contribution in [3.63, 3.8) is 0 Å². The SMILES string of the molecule is Cc1nn(-c2ccccc2)c2nc3[nH]c(=O)n(C)c(=O)c3c(-c3ccc([N+](=O)[O-])cc3)c12. The molecule has 0 fully saturated rings. The summed E-state index contributed by atoms with van der Waals surface area (Å²) >= 11 is 0. The maximum Gasteiger partial charge on any atom is 0.329 e. The second-order valence-corrected chi connectivity index (χ2v) is 7.34. The molecule has 0 saturated carbocycles. The first-order valence-corrected chi connectivity index (χ1v) is 9.69. The standard InChI is InChI=1S/C22H16N6O4/c1-12-16-17(13-8-10-15(11-9-13)28(31)32)18-19(24-22(30)26(2)21(18)29)23-20(16)27(25-12)14-6-4-3-5-7-14/h3-11H,1-2H3,(H,23,24,30). The van der Waals surface area contributed by atoms with Gasteiger partial charge < -0.3 is 0 Å². The van der Waals surface area contributed by atoms with E-state index in [0.29, 0.717) is 27.9 Å². The Labute approximate surface area is 179 Å². The number of nitro benzene ring substituents is 1. The first-order valence-electron chi connectivity index (χ1n) is 9.69. The second kappa shape index (κ2) is 6.98. The van der Waals surface area contributed by atoms with Crippen molar-refractivity contribution in [1.29, 1.82) is 0 Å². The predicted octanol–water partition coefficient (Wildman–Crippen LogP) is 2.84. The van der Waals surface area contributed by atoms with Gasteiger partial charge in [0.05, 0.1) is 27.1 Å². The van der Waals surface area contributed by atoms with Crippen LogP contribution in [0.1, 0.15) is 5.69 Å². The van der Waals surface area contributed by atoms with Gasteiger partial charge in [0.2, 0.25) is 0 Å². The number of nitro groups is 1. The molecule has 0 unspecified atom stereocenters. The zero-order valence-electron chi connectivity index (χ0n) is 17.1. The van der Waals surface area contributed by atoms with Crippen LogP contribution in [-0.4, -0.2) is 29.2 Å². The average Bonchev–Trinajstić information content (AvgIpc) is 3.13. The highest BCUT2D eigenvalue weighted by molar-refractivity contribution is 6.08. The normalized spacial score (nSPS) is 11.3. The fourth-order valence-electron chi connectivity index (χ4n) is 3.85. The van der Waals surface area contributed by atoms with Crippen molar-refractivity contribution in [1.82, 2.24) is 24.3 Å².